The van der Waals surface area contributed by atoms with Crippen molar-refractivity contribution in [2.45, 2.75) is 135 Å². The fraction of sp³-hybridized carbons (Fsp3) is 0.674. The lowest BCUT2D eigenvalue weighted by Gasteiger charge is -2.46. The maximum atomic E-state index is 14.0. The second-order valence-corrected chi connectivity index (χ2v) is 17.8. The van der Waals surface area contributed by atoms with Gasteiger partial charge in [-0.05, 0) is 110 Å². The van der Waals surface area contributed by atoms with E-state index in [2.05, 4.69) is 26.5 Å². The predicted molar refractivity (Wildman–Crippen MR) is 212 cm³/mol. The highest BCUT2D eigenvalue weighted by Crippen LogP contribution is 2.37. The molecule has 1 aromatic heterocycles. The molecule has 2 aliphatic carbocycles. The van der Waals surface area contributed by atoms with Crippen molar-refractivity contribution >= 4 is 18.1 Å². The molecule has 2 fully saturated rings. The molecular weight excluding hydrogens is 719 g/mol. The molecule has 1 aromatic carbocycles. The number of pyridine rings is 1. The lowest BCUT2D eigenvalue weighted by Crippen LogP contribution is -2.60. The average Bonchev–Trinajstić information content (AvgIpc) is 3.12. The third-order valence-corrected chi connectivity index (χ3v) is 10.8. The zero-order chi connectivity index (χ0) is 40.5. The van der Waals surface area contributed by atoms with E-state index in [4.69, 9.17) is 14.5 Å². The van der Waals surface area contributed by atoms with Crippen LogP contribution in [0.15, 0.2) is 48.7 Å². The predicted octanol–water partition coefficient (Wildman–Crippen LogP) is 7.67. The average molecular weight is 783 g/mol. The van der Waals surface area contributed by atoms with Gasteiger partial charge in [0.15, 0.2) is 0 Å². The summed E-state index contributed by atoms with van der Waals surface area (Å²) in [6.07, 6.45) is 5.38. The van der Waals surface area contributed by atoms with Gasteiger partial charge in [-0.1, -0.05) is 36.4 Å². The maximum absolute atomic E-state index is 14.0. The lowest BCUT2D eigenvalue weighted by molar-refractivity contribution is -0.130. The van der Waals surface area contributed by atoms with Crippen LogP contribution < -0.4 is 10.6 Å². The van der Waals surface area contributed by atoms with Crippen molar-refractivity contribution in [3.8, 4) is 0 Å². The summed E-state index contributed by atoms with van der Waals surface area (Å²) in [5.41, 5.74) is 2.03. The molecule has 0 bridgehead atoms. The summed E-state index contributed by atoms with van der Waals surface area (Å²) in [6.45, 7) is 15.0. The van der Waals surface area contributed by atoms with E-state index in [0.29, 0.717) is 39.3 Å². The summed E-state index contributed by atoms with van der Waals surface area (Å²) in [4.78, 5) is 51.2. The number of carbonyl (C=O) groups is 3. The SMILES string of the molecule is CC(C)(C)OC(=O)NCCCCN(C[C@H]1CN(C[C@@H](NC(=O)C2CCC(F)(F)CC2)c2ccccc2)CCN1C(=O)OC(C)(C)C)[C@H]1CCCc2cccnc21. The molecule has 3 amide bonds. The van der Waals surface area contributed by atoms with E-state index < -0.39 is 29.1 Å². The first-order chi connectivity index (χ1) is 26.5. The maximum Gasteiger partial charge on any atom is 0.410 e. The third kappa shape index (κ3) is 13.1. The Morgan fingerprint density at radius 2 is 1.66 bits per heavy atom. The van der Waals surface area contributed by atoms with Gasteiger partial charge in [-0.15, -0.1) is 0 Å². The Bertz CT molecular complexity index is 1590. The highest BCUT2D eigenvalue weighted by molar-refractivity contribution is 5.79. The Hall–Kier alpha value is -3.84. The van der Waals surface area contributed by atoms with Crippen molar-refractivity contribution in [1.29, 1.82) is 0 Å². The molecule has 2 N–H and O–H groups in total. The summed E-state index contributed by atoms with van der Waals surface area (Å²) in [5.74, 6) is -3.34. The van der Waals surface area contributed by atoms with Crippen LogP contribution in [-0.2, 0) is 20.7 Å². The van der Waals surface area contributed by atoms with Crippen molar-refractivity contribution < 1.29 is 32.6 Å². The Morgan fingerprint density at radius 1 is 0.946 bits per heavy atom. The first-order valence-corrected chi connectivity index (χ1v) is 20.6. The highest BCUT2D eigenvalue weighted by atomic mass is 19.3. The number of alkyl halides is 2. The van der Waals surface area contributed by atoms with E-state index in [-0.39, 0.29) is 55.8 Å². The first-order valence-electron chi connectivity index (χ1n) is 20.6. The van der Waals surface area contributed by atoms with Gasteiger partial charge in [-0.2, -0.15) is 0 Å². The molecule has 310 valence electrons. The molecular formula is C43H64F2N6O5. The van der Waals surface area contributed by atoms with Gasteiger partial charge in [-0.25, -0.2) is 18.4 Å². The van der Waals surface area contributed by atoms with Crippen molar-refractivity contribution in [1.82, 2.24) is 30.3 Å². The summed E-state index contributed by atoms with van der Waals surface area (Å²) >= 11 is 0. The molecule has 2 aromatic rings. The minimum absolute atomic E-state index is 0.0638. The van der Waals surface area contributed by atoms with Gasteiger partial charge in [0.1, 0.15) is 11.2 Å². The number of carbonyl (C=O) groups excluding carboxylic acids is 3. The molecule has 1 aliphatic heterocycles. The smallest absolute Gasteiger partial charge is 0.410 e. The summed E-state index contributed by atoms with van der Waals surface area (Å²) in [5, 5.41) is 6.11. The van der Waals surface area contributed by atoms with Crippen LogP contribution in [0.4, 0.5) is 18.4 Å². The number of hydrogen-bond acceptors (Lipinski definition) is 8. The summed E-state index contributed by atoms with van der Waals surface area (Å²) < 4.78 is 39.3. The number of hydrogen-bond donors (Lipinski definition) is 2. The third-order valence-electron chi connectivity index (χ3n) is 10.8. The molecule has 0 spiro atoms. The molecule has 5 rings (SSSR count). The van der Waals surface area contributed by atoms with Gasteiger partial charge in [-0.3, -0.25) is 19.6 Å². The molecule has 0 unspecified atom stereocenters. The number of nitrogens with zero attached hydrogens (tertiary/aromatic N) is 4. The number of ether oxygens (including phenoxy) is 2. The minimum atomic E-state index is -2.71. The molecule has 56 heavy (non-hydrogen) atoms. The number of aromatic nitrogens is 1. The summed E-state index contributed by atoms with van der Waals surface area (Å²) in [6, 6.07) is 13.4. The number of fused-ring (bicyclic) bond motifs is 1. The van der Waals surface area contributed by atoms with Crippen LogP contribution in [0.5, 0.6) is 0 Å². The Balaban J connectivity index is 1.35. The van der Waals surface area contributed by atoms with Gasteiger partial charge in [0, 0.05) is 64.2 Å². The van der Waals surface area contributed by atoms with Crippen LogP contribution in [0.1, 0.15) is 122 Å². The normalized spacial score (nSPS) is 21.2. The second kappa shape index (κ2) is 19.1. The van der Waals surface area contributed by atoms with E-state index in [9.17, 15) is 23.2 Å². The number of unbranched alkanes of at least 4 members (excludes halogenated alkanes) is 1. The van der Waals surface area contributed by atoms with E-state index in [1.807, 2.05) is 89.0 Å². The van der Waals surface area contributed by atoms with E-state index >= 15 is 0 Å². The molecule has 2 heterocycles. The highest BCUT2D eigenvalue weighted by Gasteiger charge is 2.40. The molecule has 1 saturated heterocycles. The Morgan fingerprint density at radius 3 is 2.36 bits per heavy atom. The molecule has 11 nitrogen and oxygen atoms in total. The van der Waals surface area contributed by atoms with E-state index in [1.165, 1.54) is 5.56 Å². The van der Waals surface area contributed by atoms with Gasteiger partial charge in [0.2, 0.25) is 11.8 Å². The van der Waals surface area contributed by atoms with Crippen LogP contribution in [0.25, 0.3) is 0 Å². The fourth-order valence-electron chi connectivity index (χ4n) is 8.10. The van der Waals surface area contributed by atoms with Gasteiger partial charge in [0.25, 0.3) is 0 Å². The van der Waals surface area contributed by atoms with E-state index in [0.717, 1.165) is 49.9 Å². The summed E-state index contributed by atoms with van der Waals surface area (Å²) in [7, 11) is 0. The number of nitrogens with one attached hydrogen (secondary N) is 2. The monoisotopic (exact) mass is 782 g/mol. The largest absolute Gasteiger partial charge is 0.444 e. The van der Waals surface area contributed by atoms with Crippen molar-refractivity contribution in [2.24, 2.45) is 5.92 Å². The van der Waals surface area contributed by atoms with Crippen LogP contribution in [-0.4, -0.2) is 107 Å². The first kappa shape index (κ1) is 43.3. The van der Waals surface area contributed by atoms with Crippen LogP contribution >= 0.6 is 0 Å². The zero-order valence-electron chi connectivity index (χ0n) is 34.3. The van der Waals surface area contributed by atoms with Crippen molar-refractivity contribution in [3.05, 3.63) is 65.5 Å². The number of rotatable bonds is 13. The topological polar surface area (TPSA) is 116 Å². The van der Waals surface area contributed by atoms with Gasteiger partial charge < -0.3 is 25.0 Å². The standard InChI is InChI=1S/C43H64F2N6O5/c1-41(2,3)55-39(53)47-23-10-11-25-50(36-18-12-16-32-17-13-24-46-37(32)36)29-34-28-49(26-27-51(34)40(54)56-42(4,5)6)30-35(31-14-8-7-9-15-31)48-38(52)33-19-21-43(44,45)22-20-33/h7-9,13-15,17,24,33-36H,10-12,16,18-23,25-30H2,1-6H3,(H,47,53)(H,48,52)/t34-,35-,36+/m1/s1. The quantitative estimate of drug-likeness (QED) is 0.199. The molecule has 3 atom stereocenters. The molecule has 1 saturated carbocycles. The molecule has 3 aliphatic rings. The molecule has 13 heteroatoms. The van der Waals surface area contributed by atoms with Crippen molar-refractivity contribution in [2.75, 3.05) is 45.8 Å². The van der Waals surface area contributed by atoms with Crippen molar-refractivity contribution in [3.63, 3.8) is 0 Å². The van der Waals surface area contributed by atoms with Gasteiger partial charge in [0.05, 0.1) is 23.8 Å². The number of halogens is 2. The van der Waals surface area contributed by atoms with E-state index in [1.54, 1.807) is 0 Å². The lowest BCUT2D eigenvalue weighted by atomic mass is 9.86. The Kier molecular flexibility index (Phi) is 14.7. The minimum Gasteiger partial charge on any atom is -0.444 e. The van der Waals surface area contributed by atoms with Crippen LogP contribution in [0.3, 0.4) is 0 Å². The number of benzene rings is 1. The van der Waals surface area contributed by atoms with Gasteiger partial charge >= 0.3 is 12.2 Å². The molecule has 0 radical (unpaired) electrons. The number of piperazine rings is 1. The zero-order valence-corrected chi connectivity index (χ0v) is 34.3. The number of aryl methyl sites for hydroxylation is 1. The number of alkyl carbamates (subject to hydrolysis) is 1. The Labute approximate surface area is 332 Å². The van der Waals surface area contributed by atoms with Crippen LogP contribution in [0, 0.1) is 5.92 Å². The fourth-order valence-corrected chi connectivity index (χ4v) is 8.10. The number of amides is 3. The van der Waals surface area contributed by atoms with Crippen LogP contribution in [0.2, 0.25) is 0 Å². The second-order valence-electron chi connectivity index (χ2n) is 17.8.